The zero-order valence-corrected chi connectivity index (χ0v) is 18.4. The molecule has 0 aliphatic carbocycles. The predicted octanol–water partition coefficient (Wildman–Crippen LogP) is 6.56. The van der Waals surface area contributed by atoms with Crippen molar-refractivity contribution in [2.24, 2.45) is 0 Å². The minimum Gasteiger partial charge on any atom is -0.478 e. The highest BCUT2D eigenvalue weighted by atomic mass is 79.9. The van der Waals surface area contributed by atoms with E-state index in [0.29, 0.717) is 14.6 Å². The van der Waals surface area contributed by atoms with Gasteiger partial charge in [-0.3, -0.25) is 0 Å². The fraction of sp³-hybridized carbons (Fsp3) is 0.188. The molecule has 2 rings (SSSR count). The molecule has 0 aromatic heterocycles. The molecule has 0 radical (unpaired) electrons. The van der Waals surface area contributed by atoms with E-state index in [2.05, 4.69) is 70.6 Å². The molecule has 0 amide bonds. The van der Waals surface area contributed by atoms with Gasteiger partial charge >= 0.3 is 5.97 Å². The first-order valence-electron chi connectivity index (χ1n) is 6.72. The Hall–Kier alpha value is -0.370. The first kappa shape index (κ1) is 19.0. The van der Waals surface area contributed by atoms with Gasteiger partial charge in [0.2, 0.25) is 0 Å². The van der Waals surface area contributed by atoms with E-state index in [1.807, 2.05) is 24.3 Å². The highest BCUT2D eigenvalue weighted by molar-refractivity contribution is 9.11. The summed E-state index contributed by atoms with van der Waals surface area (Å²) in [6, 6.07) is 7.73. The van der Waals surface area contributed by atoms with Crippen LogP contribution in [0.2, 0.25) is 0 Å². The van der Waals surface area contributed by atoms with Crippen LogP contribution in [0.5, 0.6) is 0 Å². The van der Waals surface area contributed by atoms with Gasteiger partial charge in [-0.1, -0.05) is 6.92 Å². The molecule has 122 valence electrons. The van der Waals surface area contributed by atoms with Gasteiger partial charge in [0.25, 0.3) is 0 Å². The van der Waals surface area contributed by atoms with E-state index in [1.54, 1.807) is 0 Å². The van der Waals surface area contributed by atoms with Gasteiger partial charge in [-0.25, -0.2) is 4.79 Å². The van der Waals surface area contributed by atoms with Crippen molar-refractivity contribution < 1.29 is 9.90 Å². The summed E-state index contributed by atoms with van der Waals surface area (Å²) < 4.78 is 2.78. The molecule has 1 atom stereocenters. The normalized spacial score (nSPS) is 12.2. The molecule has 0 saturated carbocycles. The van der Waals surface area contributed by atoms with Crippen LogP contribution in [0.15, 0.2) is 42.2 Å². The number of hydrogen-bond acceptors (Lipinski definition) is 2. The third-order valence-electron chi connectivity index (χ3n) is 3.59. The molecule has 2 aromatic carbocycles. The number of carboxylic acids is 1. The lowest BCUT2D eigenvalue weighted by Crippen LogP contribution is -2.05. The summed E-state index contributed by atoms with van der Waals surface area (Å²) in [5.74, 6) is -0.847. The molecule has 2 aromatic rings. The molecule has 0 spiro atoms. The molecule has 1 unspecified atom stereocenters. The van der Waals surface area contributed by atoms with Crippen molar-refractivity contribution in [1.82, 2.24) is 0 Å². The Morgan fingerprint density at radius 2 is 1.39 bits per heavy atom. The minimum absolute atomic E-state index is 0.124. The Morgan fingerprint density at radius 3 is 1.74 bits per heavy atom. The summed E-state index contributed by atoms with van der Waals surface area (Å²) >= 11 is 13.7. The summed E-state index contributed by atoms with van der Waals surface area (Å²) in [6.07, 6.45) is 0.869. The average Bonchev–Trinajstić information content (AvgIpc) is 2.44. The second-order valence-corrected chi connectivity index (χ2v) is 8.44. The van der Waals surface area contributed by atoms with Crippen molar-refractivity contribution in [3.8, 4) is 0 Å². The molecule has 0 fully saturated rings. The highest BCUT2D eigenvalue weighted by Gasteiger charge is 2.20. The van der Waals surface area contributed by atoms with Crippen molar-refractivity contribution in [3.05, 3.63) is 58.8 Å². The Labute approximate surface area is 168 Å². The van der Waals surface area contributed by atoms with Crippen molar-refractivity contribution in [2.45, 2.75) is 19.3 Å². The van der Waals surface area contributed by atoms with E-state index >= 15 is 0 Å². The van der Waals surface area contributed by atoms with Gasteiger partial charge in [-0.05, 0) is 106 Å². The summed E-state index contributed by atoms with van der Waals surface area (Å²) in [5, 5.41) is 9.27. The van der Waals surface area contributed by atoms with Gasteiger partial charge in [-0.2, -0.15) is 0 Å². The quantitative estimate of drug-likeness (QED) is 0.409. The third kappa shape index (κ3) is 4.00. The lowest BCUT2D eigenvalue weighted by Gasteiger charge is -2.19. The second kappa shape index (κ2) is 7.68. The summed E-state index contributed by atoms with van der Waals surface area (Å²) in [5.41, 5.74) is 8.97. The Bertz CT molecular complexity index is 731. The van der Waals surface area contributed by atoms with Gasteiger partial charge in [0.05, 0.1) is 11.3 Å². The molecule has 0 aliphatic rings. The van der Waals surface area contributed by atoms with Crippen molar-refractivity contribution >= 4 is 75.4 Å². The highest BCUT2D eigenvalue weighted by Crippen LogP contribution is 2.38. The van der Waals surface area contributed by atoms with E-state index in [1.165, 1.54) is 0 Å². The number of nitrogen functional groups attached to an aromatic ring is 1. The molecule has 0 saturated heterocycles. The lowest BCUT2D eigenvalue weighted by molar-refractivity contribution is 0.0695. The largest absolute Gasteiger partial charge is 0.478 e. The summed E-state index contributed by atoms with van der Waals surface area (Å²) in [6.45, 7) is 2.09. The zero-order valence-electron chi connectivity index (χ0n) is 12.0. The zero-order chi connectivity index (χ0) is 17.3. The van der Waals surface area contributed by atoms with Crippen LogP contribution >= 0.6 is 63.7 Å². The summed E-state index contributed by atoms with van der Waals surface area (Å²) in [7, 11) is 0. The van der Waals surface area contributed by atoms with Crippen molar-refractivity contribution in [3.63, 3.8) is 0 Å². The van der Waals surface area contributed by atoms with Gasteiger partial charge in [0, 0.05) is 23.8 Å². The molecule has 3 nitrogen and oxygen atoms in total. The second-order valence-electron chi connectivity index (χ2n) is 5.02. The van der Waals surface area contributed by atoms with E-state index in [0.717, 1.165) is 26.5 Å². The Balaban J connectivity index is 2.56. The third-order valence-corrected chi connectivity index (χ3v) is 6.16. The Kier molecular flexibility index (Phi) is 6.33. The summed E-state index contributed by atoms with van der Waals surface area (Å²) in [4.78, 5) is 11.3. The number of nitrogens with two attached hydrogens (primary N) is 1. The monoisotopic (exact) mass is 567 g/mol. The van der Waals surface area contributed by atoms with Crippen LogP contribution in [0.3, 0.4) is 0 Å². The maximum Gasteiger partial charge on any atom is 0.337 e. The number of benzene rings is 2. The van der Waals surface area contributed by atoms with Gasteiger partial charge in [-0.15, -0.1) is 0 Å². The van der Waals surface area contributed by atoms with Crippen LogP contribution in [0, 0.1) is 0 Å². The fourth-order valence-electron chi connectivity index (χ4n) is 2.47. The number of carbonyl (C=O) groups is 1. The molecule has 0 aliphatic heterocycles. The first-order valence-corrected chi connectivity index (χ1v) is 9.90. The van der Waals surface area contributed by atoms with Crippen molar-refractivity contribution in [2.75, 3.05) is 5.73 Å². The van der Waals surface area contributed by atoms with Gasteiger partial charge in [0.1, 0.15) is 0 Å². The van der Waals surface area contributed by atoms with Crippen LogP contribution in [-0.2, 0) is 0 Å². The molecule has 7 heteroatoms. The van der Waals surface area contributed by atoms with E-state index in [4.69, 9.17) is 5.73 Å². The molecule has 3 N–H and O–H groups in total. The van der Waals surface area contributed by atoms with E-state index < -0.39 is 5.97 Å². The van der Waals surface area contributed by atoms with Gasteiger partial charge < -0.3 is 10.8 Å². The van der Waals surface area contributed by atoms with Crippen LogP contribution < -0.4 is 5.73 Å². The maximum atomic E-state index is 11.3. The number of aromatic carboxylic acids is 1. The number of hydrogen-bond donors (Lipinski definition) is 2. The fourth-order valence-corrected chi connectivity index (χ4v) is 5.25. The number of rotatable bonds is 4. The average molecular weight is 571 g/mol. The number of anilines is 1. The molecular weight excluding hydrogens is 558 g/mol. The van der Waals surface area contributed by atoms with E-state index in [9.17, 15) is 9.90 Å². The minimum atomic E-state index is -0.971. The maximum absolute atomic E-state index is 11.3. The molecule has 0 bridgehead atoms. The molecule has 0 heterocycles. The number of carboxylic acid groups (broad SMARTS) is 1. The van der Waals surface area contributed by atoms with Crippen LogP contribution in [0.1, 0.15) is 40.7 Å². The molecule has 23 heavy (non-hydrogen) atoms. The van der Waals surface area contributed by atoms with Crippen LogP contribution in [-0.4, -0.2) is 11.1 Å². The number of halogens is 4. The van der Waals surface area contributed by atoms with E-state index in [-0.39, 0.29) is 11.5 Å². The van der Waals surface area contributed by atoms with Crippen LogP contribution in [0.4, 0.5) is 5.69 Å². The predicted molar refractivity (Wildman–Crippen MR) is 107 cm³/mol. The van der Waals surface area contributed by atoms with Crippen molar-refractivity contribution in [1.29, 1.82) is 0 Å². The lowest BCUT2D eigenvalue weighted by atomic mass is 9.88. The standard InChI is InChI=1S/C16H13Br4NO2/c1-2-9(8-5-12(19)15(21)13(20)6-8)7-3-10(17)14(16(22)23)11(18)4-7/h3-6,9H,2,21H2,1H3,(H,22,23). The van der Waals surface area contributed by atoms with Crippen LogP contribution in [0.25, 0.3) is 0 Å². The topological polar surface area (TPSA) is 63.3 Å². The SMILES string of the molecule is CCC(c1cc(Br)c(N)c(Br)c1)c1cc(Br)c(C(=O)O)c(Br)c1. The Morgan fingerprint density at radius 1 is 1.00 bits per heavy atom. The first-order chi connectivity index (χ1) is 10.8. The smallest absolute Gasteiger partial charge is 0.337 e. The van der Waals surface area contributed by atoms with Gasteiger partial charge in [0.15, 0.2) is 0 Å². The molecular formula is C16H13Br4NO2.